The zero-order valence-corrected chi connectivity index (χ0v) is 17.7. The van der Waals surface area contributed by atoms with Crippen LogP contribution in [0.15, 0.2) is 53.4 Å². The maximum atomic E-state index is 12.7. The van der Waals surface area contributed by atoms with Crippen LogP contribution in [0.25, 0.3) is 6.08 Å². The Morgan fingerprint density at radius 3 is 2.62 bits per heavy atom. The number of thioether (sulfide) groups is 1. The molecule has 0 saturated carbocycles. The Hall–Kier alpha value is -2.64. The predicted octanol–water partition coefficient (Wildman–Crippen LogP) is 4.57. The molecule has 29 heavy (non-hydrogen) atoms. The fourth-order valence-corrected chi connectivity index (χ4v) is 4.19. The molecule has 3 rings (SSSR count). The SMILES string of the molecule is CCc1ccc(C=C2SC(=S)N(CCCC(=O)Nc3ccccc3O)C2=O)cc1. The lowest BCUT2D eigenvalue weighted by Crippen LogP contribution is -2.29. The molecule has 0 spiro atoms. The quantitative estimate of drug-likeness (QED) is 0.385. The maximum absolute atomic E-state index is 12.7. The molecule has 1 fully saturated rings. The number of hydrogen-bond acceptors (Lipinski definition) is 5. The number of phenolic OH excluding ortho intramolecular Hbond substituents is 1. The van der Waals surface area contributed by atoms with Crippen LogP contribution in [-0.2, 0) is 16.0 Å². The second-order valence-corrected chi connectivity index (χ2v) is 8.27. The number of nitrogens with one attached hydrogen (secondary N) is 1. The minimum absolute atomic E-state index is 0.0231. The van der Waals surface area contributed by atoms with Gasteiger partial charge in [0.1, 0.15) is 10.1 Å². The van der Waals surface area contributed by atoms with E-state index in [1.165, 1.54) is 23.4 Å². The molecular weight excluding hydrogens is 404 g/mol. The highest BCUT2D eigenvalue weighted by Crippen LogP contribution is 2.32. The highest BCUT2D eigenvalue weighted by Gasteiger charge is 2.31. The van der Waals surface area contributed by atoms with E-state index in [0.717, 1.165) is 12.0 Å². The number of phenols is 1. The van der Waals surface area contributed by atoms with E-state index in [2.05, 4.69) is 24.4 Å². The lowest BCUT2D eigenvalue weighted by atomic mass is 10.1. The molecule has 1 saturated heterocycles. The summed E-state index contributed by atoms with van der Waals surface area (Å²) in [6.45, 7) is 2.48. The molecule has 5 nitrogen and oxygen atoms in total. The van der Waals surface area contributed by atoms with E-state index in [0.29, 0.717) is 27.9 Å². The lowest BCUT2D eigenvalue weighted by Gasteiger charge is -2.14. The first-order valence-electron chi connectivity index (χ1n) is 9.40. The van der Waals surface area contributed by atoms with Gasteiger partial charge in [-0.25, -0.2) is 0 Å². The van der Waals surface area contributed by atoms with Gasteiger partial charge in [0.05, 0.1) is 10.6 Å². The molecule has 0 aromatic heterocycles. The second kappa shape index (κ2) is 9.71. The average molecular weight is 427 g/mol. The summed E-state index contributed by atoms with van der Waals surface area (Å²) in [6.07, 6.45) is 3.52. The Kier molecular flexibility index (Phi) is 7.06. The monoisotopic (exact) mass is 426 g/mol. The number of carbonyl (C=O) groups excluding carboxylic acids is 2. The summed E-state index contributed by atoms with van der Waals surface area (Å²) in [5, 5.41) is 12.4. The Bertz CT molecular complexity index is 955. The number of aryl methyl sites for hydroxylation is 1. The maximum Gasteiger partial charge on any atom is 0.266 e. The normalized spacial score (nSPS) is 15.2. The number of thiocarbonyl (C=S) groups is 1. The molecule has 0 atom stereocenters. The number of benzene rings is 2. The summed E-state index contributed by atoms with van der Waals surface area (Å²) in [6, 6.07) is 14.7. The van der Waals surface area contributed by atoms with Crippen molar-refractivity contribution < 1.29 is 14.7 Å². The number of anilines is 1. The number of aromatic hydroxyl groups is 1. The number of nitrogens with zero attached hydrogens (tertiary/aromatic N) is 1. The van der Waals surface area contributed by atoms with Crippen LogP contribution >= 0.6 is 24.0 Å². The topological polar surface area (TPSA) is 69.6 Å². The molecule has 150 valence electrons. The molecule has 0 unspecified atom stereocenters. The van der Waals surface area contributed by atoms with Gasteiger partial charge in [-0.1, -0.05) is 67.3 Å². The van der Waals surface area contributed by atoms with Crippen LogP contribution in [0.3, 0.4) is 0 Å². The molecule has 7 heteroatoms. The van der Waals surface area contributed by atoms with Crippen LogP contribution in [0.4, 0.5) is 5.69 Å². The van der Waals surface area contributed by atoms with Gasteiger partial charge in [-0.2, -0.15) is 0 Å². The molecule has 2 amide bonds. The van der Waals surface area contributed by atoms with Gasteiger partial charge in [-0.05, 0) is 42.2 Å². The van der Waals surface area contributed by atoms with Gasteiger partial charge in [0.25, 0.3) is 5.91 Å². The number of hydrogen-bond donors (Lipinski definition) is 2. The molecule has 2 N–H and O–H groups in total. The fourth-order valence-electron chi connectivity index (χ4n) is 2.88. The van der Waals surface area contributed by atoms with Crippen molar-refractivity contribution in [1.82, 2.24) is 4.90 Å². The highest BCUT2D eigenvalue weighted by molar-refractivity contribution is 8.26. The minimum Gasteiger partial charge on any atom is -0.506 e. The molecule has 2 aromatic rings. The van der Waals surface area contributed by atoms with Crippen LogP contribution in [0, 0.1) is 0 Å². The Morgan fingerprint density at radius 1 is 1.21 bits per heavy atom. The van der Waals surface area contributed by atoms with Gasteiger partial charge < -0.3 is 10.4 Å². The Labute approximate surface area is 179 Å². The van der Waals surface area contributed by atoms with E-state index in [9.17, 15) is 14.7 Å². The zero-order chi connectivity index (χ0) is 20.8. The molecular formula is C22H22N2O3S2. The Balaban J connectivity index is 1.54. The van der Waals surface area contributed by atoms with Crippen LogP contribution in [0.1, 0.15) is 30.9 Å². The van der Waals surface area contributed by atoms with Crippen molar-refractivity contribution >= 4 is 51.9 Å². The third-order valence-corrected chi connectivity index (χ3v) is 5.90. The van der Waals surface area contributed by atoms with Crippen molar-refractivity contribution in [1.29, 1.82) is 0 Å². The van der Waals surface area contributed by atoms with Gasteiger partial charge >= 0.3 is 0 Å². The van der Waals surface area contributed by atoms with Crippen molar-refractivity contribution in [2.24, 2.45) is 0 Å². The van der Waals surface area contributed by atoms with E-state index >= 15 is 0 Å². The molecule has 1 heterocycles. The second-order valence-electron chi connectivity index (χ2n) is 6.60. The number of rotatable bonds is 7. The number of para-hydroxylation sites is 2. The van der Waals surface area contributed by atoms with Crippen molar-refractivity contribution in [3.63, 3.8) is 0 Å². The van der Waals surface area contributed by atoms with E-state index in [1.807, 2.05) is 18.2 Å². The van der Waals surface area contributed by atoms with E-state index < -0.39 is 0 Å². The number of amides is 2. The van der Waals surface area contributed by atoms with Crippen LogP contribution in [-0.4, -0.2) is 32.7 Å². The van der Waals surface area contributed by atoms with Gasteiger partial charge in [-0.3, -0.25) is 14.5 Å². The van der Waals surface area contributed by atoms with Crippen LogP contribution in [0.2, 0.25) is 0 Å². The van der Waals surface area contributed by atoms with Crippen molar-refractivity contribution in [3.8, 4) is 5.75 Å². The first kappa shape index (κ1) is 21.1. The molecule has 1 aliphatic rings. The third-order valence-electron chi connectivity index (χ3n) is 4.52. The highest BCUT2D eigenvalue weighted by atomic mass is 32.2. The lowest BCUT2D eigenvalue weighted by molar-refractivity contribution is -0.122. The average Bonchev–Trinajstić information content (AvgIpc) is 2.97. The summed E-state index contributed by atoms with van der Waals surface area (Å²) in [7, 11) is 0. The fraction of sp³-hybridized carbons (Fsp3) is 0.227. The smallest absolute Gasteiger partial charge is 0.266 e. The minimum atomic E-state index is -0.219. The summed E-state index contributed by atoms with van der Waals surface area (Å²) >= 11 is 6.63. The summed E-state index contributed by atoms with van der Waals surface area (Å²) in [4.78, 5) is 26.9. The summed E-state index contributed by atoms with van der Waals surface area (Å²) in [5.41, 5.74) is 2.58. The third kappa shape index (κ3) is 5.46. The van der Waals surface area contributed by atoms with Gasteiger partial charge in [0, 0.05) is 13.0 Å². The summed E-state index contributed by atoms with van der Waals surface area (Å²) in [5.74, 6) is -0.320. The molecule has 2 aromatic carbocycles. The van der Waals surface area contributed by atoms with E-state index in [-0.39, 0.29) is 24.0 Å². The van der Waals surface area contributed by atoms with Crippen LogP contribution in [0.5, 0.6) is 5.75 Å². The van der Waals surface area contributed by atoms with Gasteiger partial charge in [0.2, 0.25) is 5.91 Å². The summed E-state index contributed by atoms with van der Waals surface area (Å²) < 4.78 is 0.507. The zero-order valence-electron chi connectivity index (χ0n) is 16.1. The standard InChI is InChI=1S/C22H22N2O3S2/c1-2-15-9-11-16(12-10-15)14-19-21(27)24(22(28)29-19)13-5-8-20(26)23-17-6-3-4-7-18(17)25/h3-4,6-7,9-12,14,25H,2,5,8,13H2,1H3,(H,23,26). The molecule has 0 radical (unpaired) electrons. The molecule has 0 aliphatic carbocycles. The molecule has 0 bridgehead atoms. The van der Waals surface area contributed by atoms with E-state index in [1.54, 1.807) is 23.1 Å². The predicted molar refractivity (Wildman–Crippen MR) is 122 cm³/mol. The van der Waals surface area contributed by atoms with E-state index in [4.69, 9.17) is 12.2 Å². The van der Waals surface area contributed by atoms with Crippen LogP contribution < -0.4 is 5.32 Å². The van der Waals surface area contributed by atoms with Crippen molar-refractivity contribution in [2.75, 3.05) is 11.9 Å². The first-order valence-corrected chi connectivity index (χ1v) is 10.6. The van der Waals surface area contributed by atoms with Gasteiger partial charge in [0.15, 0.2) is 0 Å². The van der Waals surface area contributed by atoms with Gasteiger partial charge in [-0.15, -0.1) is 0 Å². The Morgan fingerprint density at radius 2 is 1.93 bits per heavy atom. The molecule has 1 aliphatic heterocycles. The van der Waals surface area contributed by atoms with Crippen molar-refractivity contribution in [2.45, 2.75) is 26.2 Å². The number of carbonyl (C=O) groups is 2. The van der Waals surface area contributed by atoms with Crippen molar-refractivity contribution in [3.05, 3.63) is 64.6 Å². The largest absolute Gasteiger partial charge is 0.506 e. The first-order chi connectivity index (χ1) is 14.0.